The molecular weight excluding hydrogens is 395 g/mol. The average molecular weight is 416 g/mol. The van der Waals surface area contributed by atoms with Crippen molar-refractivity contribution in [1.82, 2.24) is 30.0 Å². The van der Waals surface area contributed by atoms with Crippen LogP contribution >= 0.6 is 0 Å². The molecule has 3 aromatic heterocycles. The maximum absolute atomic E-state index is 14.2. The molecule has 0 aliphatic rings. The van der Waals surface area contributed by atoms with Crippen molar-refractivity contribution >= 4 is 5.91 Å². The third kappa shape index (κ3) is 4.32. The van der Waals surface area contributed by atoms with Gasteiger partial charge in [0.2, 0.25) is 0 Å². The van der Waals surface area contributed by atoms with Crippen LogP contribution in [0.3, 0.4) is 0 Å². The second-order valence-corrected chi connectivity index (χ2v) is 7.27. The van der Waals surface area contributed by atoms with Crippen LogP contribution in [0.1, 0.15) is 41.4 Å². The third-order valence-electron chi connectivity index (χ3n) is 4.78. The highest BCUT2D eigenvalue weighted by molar-refractivity contribution is 5.95. The van der Waals surface area contributed by atoms with Crippen LogP contribution in [0.15, 0.2) is 67.3 Å². The molecule has 4 rings (SSSR count). The van der Waals surface area contributed by atoms with Gasteiger partial charge in [-0.25, -0.2) is 19.0 Å². The van der Waals surface area contributed by atoms with E-state index in [1.54, 1.807) is 42.9 Å². The first-order chi connectivity index (χ1) is 15.0. The van der Waals surface area contributed by atoms with Crippen LogP contribution in [0, 0.1) is 5.82 Å². The first-order valence-corrected chi connectivity index (χ1v) is 9.88. The van der Waals surface area contributed by atoms with Gasteiger partial charge in [0, 0.05) is 30.7 Å². The van der Waals surface area contributed by atoms with Crippen molar-refractivity contribution in [2.24, 2.45) is 0 Å². The quantitative estimate of drug-likeness (QED) is 0.515. The predicted octanol–water partition coefficient (Wildman–Crippen LogP) is 3.92. The van der Waals surface area contributed by atoms with E-state index in [9.17, 15) is 9.18 Å². The summed E-state index contributed by atoms with van der Waals surface area (Å²) in [7, 11) is 0. The lowest BCUT2D eigenvalue weighted by Crippen LogP contribution is -2.24. The minimum Gasteiger partial charge on any atom is -0.348 e. The predicted molar refractivity (Wildman–Crippen MR) is 114 cm³/mol. The first-order valence-electron chi connectivity index (χ1n) is 9.88. The lowest BCUT2D eigenvalue weighted by atomic mass is 10.1. The molecule has 8 heteroatoms. The zero-order valence-electron chi connectivity index (χ0n) is 17.2. The Kier molecular flexibility index (Phi) is 5.79. The van der Waals surface area contributed by atoms with Crippen LogP contribution < -0.4 is 5.32 Å². The monoisotopic (exact) mass is 416 g/mol. The molecule has 0 bridgehead atoms. The second-order valence-electron chi connectivity index (χ2n) is 7.27. The van der Waals surface area contributed by atoms with E-state index in [-0.39, 0.29) is 23.6 Å². The van der Waals surface area contributed by atoms with E-state index >= 15 is 0 Å². The lowest BCUT2D eigenvalue weighted by Gasteiger charge is -2.12. The van der Waals surface area contributed by atoms with Gasteiger partial charge >= 0.3 is 0 Å². The zero-order valence-corrected chi connectivity index (χ0v) is 17.2. The van der Waals surface area contributed by atoms with Gasteiger partial charge in [0.05, 0.1) is 23.1 Å². The van der Waals surface area contributed by atoms with E-state index in [2.05, 4.69) is 25.4 Å². The molecule has 1 N–H and O–H groups in total. The molecule has 7 nitrogen and oxygen atoms in total. The number of carbonyl (C=O) groups excluding carboxylic acids is 1. The highest BCUT2D eigenvalue weighted by Crippen LogP contribution is 2.24. The summed E-state index contributed by atoms with van der Waals surface area (Å²) in [5.74, 6) is -0.354. The number of amides is 1. The van der Waals surface area contributed by atoms with E-state index in [1.165, 1.54) is 16.9 Å². The highest BCUT2D eigenvalue weighted by atomic mass is 19.1. The lowest BCUT2D eigenvalue weighted by molar-refractivity contribution is 0.0949. The fraction of sp³-hybridized carbons (Fsp3) is 0.174. The number of halogens is 1. The smallest absolute Gasteiger partial charge is 0.255 e. The van der Waals surface area contributed by atoms with Crippen molar-refractivity contribution in [3.63, 3.8) is 0 Å². The number of rotatable bonds is 6. The number of aromatic nitrogens is 5. The van der Waals surface area contributed by atoms with Crippen molar-refractivity contribution in [1.29, 1.82) is 0 Å². The largest absolute Gasteiger partial charge is 0.348 e. The molecule has 0 saturated heterocycles. The Morgan fingerprint density at radius 2 is 1.87 bits per heavy atom. The summed E-state index contributed by atoms with van der Waals surface area (Å²) in [6.45, 7) is 4.31. The average Bonchev–Trinajstić information content (AvgIpc) is 3.24. The van der Waals surface area contributed by atoms with Crippen molar-refractivity contribution in [2.45, 2.75) is 26.3 Å². The molecule has 0 unspecified atom stereocenters. The van der Waals surface area contributed by atoms with E-state index in [1.807, 2.05) is 26.0 Å². The Bertz CT molecular complexity index is 1210. The van der Waals surface area contributed by atoms with E-state index in [4.69, 9.17) is 0 Å². The third-order valence-corrected chi connectivity index (χ3v) is 4.78. The number of benzene rings is 1. The van der Waals surface area contributed by atoms with Gasteiger partial charge in [-0.1, -0.05) is 26.0 Å². The molecule has 4 aromatic rings. The molecule has 156 valence electrons. The molecule has 1 aromatic carbocycles. The number of nitrogens with zero attached hydrogens (tertiary/aromatic N) is 5. The fourth-order valence-electron chi connectivity index (χ4n) is 3.30. The normalized spacial score (nSPS) is 11.0. The molecular formula is C23H21FN6O. The van der Waals surface area contributed by atoms with Crippen LogP contribution in [0.5, 0.6) is 0 Å². The van der Waals surface area contributed by atoms with Gasteiger partial charge in [-0.05, 0) is 41.8 Å². The Morgan fingerprint density at radius 1 is 1.10 bits per heavy atom. The zero-order chi connectivity index (χ0) is 21.8. The first kappa shape index (κ1) is 20.3. The van der Waals surface area contributed by atoms with E-state index in [0.29, 0.717) is 29.1 Å². The SMILES string of the molecule is CC(C)c1c(C(=O)NCc2ccncc2)cnn1-c1nccc(-c2ccccc2F)n1. The summed E-state index contributed by atoms with van der Waals surface area (Å²) >= 11 is 0. The van der Waals surface area contributed by atoms with Crippen LogP contribution in [0.2, 0.25) is 0 Å². The van der Waals surface area contributed by atoms with Crippen molar-refractivity contribution < 1.29 is 9.18 Å². The van der Waals surface area contributed by atoms with Crippen molar-refractivity contribution in [2.75, 3.05) is 0 Å². The molecule has 0 atom stereocenters. The maximum atomic E-state index is 14.2. The van der Waals surface area contributed by atoms with Gasteiger partial charge in [-0.3, -0.25) is 9.78 Å². The standard InChI is InChI=1S/C23H21FN6O/c1-15(2)21-18(22(31)27-13-16-7-10-25-11-8-16)14-28-30(21)23-26-12-9-20(29-23)17-5-3-4-6-19(17)24/h3-12,14-15H,13H2,1-2H3,(H,27,31). The minimum atomic E-state index is -0.368. The number of carbonyl (C=O) groups is 1. The van der Waals surface area contributed by atoms with Crippen LogP contribution in [0.25, 0.3) is 17.2 Å². The number of hydrogen-bond donors (Lipinski definition) is 1. The van der Waals surface area contributed by atoms with Gasteiger partial charge < -0.3 is 5.32 Å². The Balaban J connectivity index is 1.66. The Morgan fingerprint density at radius 3 is 2.61 bits per heavy atom. The summed E-state index contributed by atoms with van der Waals surface area (Å²) in [6, 6.07) is 11.7. The van der Waals surface area contributed by atoms with Crippen molar-refractivity contribution in [3.05, 3.63) is 89.9 Å². The molecule has 1 amide bonds. The summed E-state index contributed by atoms with van der Waals surface area (Å²) in [5.41, 5.74) is 2.89. The molecule has 0 radical (unpaired) electrons. The summed E-state index contributed by atoms with van der Waals surface area (Å²) in [6.07, 6.45) is 6.42. The number of nitrogens with one attached hydrogen (secondary N) is 1. The summed E-state index contributed by atoms with van der Waals surface area (Å²) < 4.78 is 15.8. The molecule has 0 fully saturated rings. The van der Waals surface area contributed by atoms with E-state index in [0.717, 1.165) is 5.56 Å². The topological polar surface area (TPSA) is 85.6 Å². The minimum absolute atomic E-state index is 0.0232. The Hall–Kier alpha value is -3.94. The fourth-order valence-corrected chi connectivity index (χ4v) is 3.30. The molecule has 0 aliphatic carbocycles. The number of pyridine rings is 1. The van der Waals surface area contributed by atoms with Crippen LogP contribution in [0.4, 0.5) is 4.39 Å². The summed E-state index contributed by atoms with van der Waals surface area (Å²) in [5, 5.41) is 7.28. The molecule has 0 spiro atoms. The van der Waals surface area contributed by atoms with Crippen molar-refractivity contribution in [3.8, 4) is 17.2 Å². The molecule has 0 aliphatic heterocycles. The van der Waals surface area contributed by atoms with Crippen LogP contribution in [-0.4, -0.2) is 30.6 Å². The van der Waals surface area contributed by atoms with E-state index < -0.39 is 0 Å². The van der Waals surface area contributed by atoms with Gasteiger partial charge in [0.1, 0.15) is 5.82 Å². The molecule has 3 heterocycles. The van der Waals surface area contributed by atoms with Gasteiger partial charge in [-0.15, -0.1) is 0 Å². The Labute approximate surface area is 179 Å². The van der Waals surface area contributed by atoms with Gasteiger partial charge in [0.25, 0.3) is 11.9 Å². The number of hydrogen-bond acceptors (Lipinski definition) is 5. The van der Waals surface area contributed by atoms with Gasteiger partial charge in [-0.2, -0.15) is 5.10 Å². The van der Waals surface area contributed by atoms with Gasteiger partial charge in [0.15, 0.2) is 0 Å². The second kappa shape index (κ2) is 8.83. The van der Waals surface area contributed by atoms with Crippen LogP contribution in [-0.2, 0) is 6.54 Å². The maximum Gasteiger partial charge on any atom is 0.255 e. The molecule has 31 heavy (non-hydrogen) atoms. The highest BCUT2D eigenvalue weighted by Gasteiger charge is 2.22. The summed E-state index contributed by atoms with van der Waals surface area (Å²) in [4.78, 5) is 25.6. The molecule has 0 saturated carbocycles.